The van der Waals surface area contributed by atoms with Crippen molar-refractivity contribution in [2.24, 2.45) is 16.7 Å². The van der Waals surface area contributed by atoms with E-state index in [1.807, 2.05) is 0 Å². The molecule has 3 nitrogen and oxygen atoms in total. The van der Waals surface area contributed by atoms with Crippen LogP contribution in [0.15, 0.2) is 0 Å². The Morgan fingerprint density at radius 3 is 2.04 bits per heavy atom. The molecule has 3 heteroatoms. The summed E-state index contributed by atoms with van der Waals surface area (Å²) < 4.78 is 0. The summed E-state index contributed by atoms with van der Waals surface area (Å²) in [6, 6.07) is 0.898. The number of piperazine rings is 1. The van der Waals surface area contributed by atoms with Crippen LogP contribution in [-0.4, -0.2) is 73.1 Å². The molecule has 2 aliphatic carbocycles. The molecule has 2 heterocycles. The van der Waals surface area contributed by atoms with Gasteiger partial charge in [0.2, 0.25) is 0 Å². The van der Waals surface area contributed by atoms with Gasteiger partial charge in [-0.3, -0.25) is 4.90 Å². The Bertz CT molecular complexity index is 432. The van der Waals surface area contributed by atoms with Crippen molar-refractivity contribution < 1.29 is 0 Å². The Balaban J connectivity index is 1.19. The molecule has 0 atom stereocenters. The van der Waals surface area contributed by atoms with Gasteiger partial charge in [-0.05, 0) is 68.2 Å². The molecule has 4 aliphatic rings. The highest BCUT2D eigenvalue weighted by Crippen LogP contribution is 2.54. The summed E-state index contributed by atoms with van der Waals surface area (Å²) in [5, 5.41) is 0. The van der Waals surface area contributed by atoms with Gasteiger partial charge in [-0.1, -0.05) is 20.8 Å². The largest absolute Gasteiger partial charge is 0.302 e. The first-order chi connectivity index (χ1) is 12.0. The molecule has 2 saturated carbocycles. The maximum Gasteiger partial charge on any atom is 0.0113 e. The lowest BCUT2D eigenvalue weighted by molar-refractivity contribution is -0.0588. The summed E-state index contributed by atoms with van der Waals surface area (Å²) in [7, 11) is 0. The molecular formula is C22H41N3. The standard InChI is InChI=1S/C22H41N3/c1-4-23-11-13-25(14-12-23)20-5-7-22(8-6-20)17-24(18-22)16-21(9-10-21)15-19(2)3/h19-20H,4-18H2,1-3H3. The molecule has 4 fully saturated rings. The maximum absolute atomic E-state index is 2.82. The Hall–Kier alpha value is -0.120. The summed E-state index contributed by atoms with van der Waals surface area (Å²) in [6.07, 6.45) is 10.4. The highest BCUT2D eigenvalue weighted by atomic mass is 15.3. The lowest BCUT2D eigenvalue weighted by atomic mass is 9.67. The Morgan fingerprint density at radius 2 is 1.52 bits per heavy atom. The third kappa shape index (κ3) is 4.09. The Kier molecular flexibility index (Phi) is 5.20. The van der Waals surface area contributed by atoms with Gasteiger partial charge in [0.05, 0.1) is 0 Å². The second-order valence-electron chi connectivity index (χ2n) is 10.4. The van der Waals surface area contributed by atoms with Gasteiger partial charge in [-0.15, -0.1) is 0 Å². The molecule has 4 rings (SSSR count). The number of hydrogen-bond acceptors (Lipinski definition) is 3. The summed E-state index contributed by atoms with van der Waals surface area (Å²) in [6.45, 7) is 17.8. The Labute approximate surface area is 156 Å². The van der Waals surface area contributed by atoms with Gasteiger partial charge in [0.15, 0.2) is 0 Å². The van der Waals surface area contributed by atoms with Crippen molar-refractivity contribution in [3.05, 3.63) is 0 Å². The molecule has 0 radical (unpaired) electrons. The van der Waals surface area contributed by atoms with Gasteiger partial charge in [-0.25, -0.2) is 0 Å². The topological polar surface area (TPSA) is 9.72 Å². The van der Waals surface area contributed by atoms with Crippen LogP contribution in [0.4, 0.5) is 0 Å². The average Bonchev–Trinajstić information content (AvgIpc) is 3.32. The quantitative estimate of drug-likeness (QED) is 0.725. The van der Waals surface area contributed by atoms with Crippen LogP contribution in [0.1, 0.15) is 65.7 Å². The molecule has 144 valence electrons. The monoisotopic (exact) mass is 347 g/mol. The SMILES string of the molecule is CCN1CCN(C2CCC3(CC2)CN(CC2(CC(C)C)CC2)C3)CC1. The number of likely N-dealkylation sites (tertiary alicyclic amines) is 1. The molecule has 0 unspecified atom stereocenters. The van der Waals surface area contributed by atoms with E-state index >= 15 is 0 Å². The minimum atomic E-state index is 0.718. The van der Waals surface area contributed by atoms with E-state index in [1.165, 1.54) is 97.3 Å². The van der Waals surface area contributed by atoms with Crippen molar-refractivity contribution >= 4 is 0 Å². The van der Waals surface area contributed by atoms with Crippen molar-refractivity contribution in [2.45, 2.75) is 71.8 Å². The van der Waals surface area contributed by atoms with E-state index in [2.05, 4.69) is 35.5 Å². The highest BCUT2D eigenvalue weighted by molar-refractivity contribution is 5.04. The van der Waals surface area contributed by atoms with Gasteiger partial charge in [-0.2, -0.15) is 0 Å². The van der Waals surface area contributed by atoms with Gasteiger partial charge in [0.25, 0.3) is 0 Å². The maximum atomic E-state index is 2.82. The molecular weight excluding hydrogens is 306 g/mol. The van der Waals surface area contributed by atoms with E-state index in [9.17, 15) is 0 Å². The summed E-state index contributed by atoms with van der Waals surface area (Å²) in [5.41, 5.74) is 1.45. The summed E-state index contributed by atoms with van der Waals surface area (Å²) >= 11 is 0. The van der Waals surface area contributed by atoms with Crippen LogP contribution in [0.25, 0.3) is 0 Å². The van der Waals surface area contributed by atoms with E-state index in [0.29, 0.717) is 0 Å². The van der Waals surface area contributed by atoms with Crippen molar-refractivity contribution in [1.29, 1.82) is 0 Å². The van der Waals surface area contributed by atoms with Crippen LogP contribution in [0.3, 0.4) is 0 Å². The summed E-state index contributed by atoms with van der Waals surface area (Å²) in [4.78, 5) is 8.24. The first kappa shape index (κ1) is 18.3. The van der Waals surface area contributed by atoms with E-state index in [1.54, 1.807) is 0 Å². The van der Waals surface area contributed by atoms with Gasteiger partial charge >= 0.3 is 0 Å². The van der Waals surface area contributed by atoms with E-state index in [0.717, 1.165) is 22.8 Å². The fourth-order valence-corrected chi connectivity index (χ4v) is 6.30. The van der Waals surface area contributed by atoms with Crippen LogP contribution in [0.5, 0.6) is 0 Å². The lowest BCUT2D eigenvalue weighted by Crippen LogP contribution is -2.60. The molecule has 0 aromatic rings. The predicted octanol–water partition coefficient (Wildman–Crippen LogP) is 3.69. The van der Waals surface area contributed by atoms with Crippen LogP contribution in [0, 0.1) is 16.7 Å². The summed E-state index contributed by atoms with van der Waals surface area (Å²) in [5.74, 6) is 0.876. The second-order valence-corrected chi connectivity index (χ2v) is 10.4. The van der Waals surface area contributed by atoms with Crippen LogP contribution < -0.4 is 0 Å². The van der Waals surface area contributed by atoms with Crippen molar-refractivity contribution in [3.63, 3.8) is 0 Å². The predicted molar refractivity (Wildman–Crippen MR) is 106 cm³/mol. The molecule has 0 N–H and O–H groups in total. The molecule has 25 heavy (non-hydrogen) atoms. The molecule has 0 bridgehead atoms. The highest BCUT2D eigenvalue weighted by Gasteiger charge is 2.51. The average molecular weight is 348 g/mol. The first-order valence-corrected chi connectivity index (χ1v) is 11.2. The zero-order chi connectivity index (χ0) is 17.5. The van der Waals surface area contributed by atoms with Crippen LogP contribution in [0.2, 0.25) is 0 Å². The number of likely N-dealkylation sites (N-methyl/N-ethyl adjacent to an activating group) is 1. The van der Waals surface area contributed by atoms with E-state index < -0.39 is 0 Å². The van der Waals surface area contributed by atoms with Gasteiger partial charge in [0, 0.05) is 51.9 Å². The molecule has 0 aromatic heterocycles. The second kappa shape index (κ2) is 7.13. The third-order valence-corrected chi connectivity index (χ3v) is 7.86. The smallest absolute Gasteiger partial charge is 0.0113 e. The zero-order valence-corrected chi connectivity index (χ0v) is 17.1. The van der Waals surface area contributed by atoms with Crippen molar-refractivity contribution in [2.75, 3.05) is 52.4 Å². The molecule has 2 saturated heterocycles. The number of hydrogen-bond donors (Lipinski definition) is 0. The number of rotatable bonds is 6. The molecule has 0 amide bonds. The fraction of sp³-hybridized carbons (Fsp3) is 1.00. The molecule has 0 aromatic carbocycles. The van der Waals surface area contributed by atoms with Crippen LogP contribution in [-0.2, 0) is 0 Å². The van der Waals surface area contributed by atoms with Gasteiger partial charge < -0.3 is 9.80 Å². The third-order valence-electron chi connectivity index (χ3n) is 7.86. The zero-order valence-electron chi connectivity index (χ0n) is 17.1. The van der Waals surface area contributed by atoms with E-state index in [4.69, 9.17) is 0 Å². The van der Waals surface area contributed by atoms with Crippen LogP contribution >= 0.6 is 0 Å². The number of nitrogens with zero attached hydrogens (tertiary/aromatic N) is 3. The van der Waals surface area contributed by atoms with Crippen molar-refractivity contribution in [3.8, 4) is 0 Å². The Morgan fingerprint density at radius 1 is 0.880 bits per heavy atom. The first-order valence-electron chi connectivity index (χ1n) is 11.2. The normalized spacial score (nSPS) is 30.7. The van der Waals surface area contributed by atoms with Gasteiger partial charge in [0.1, 0.15) is 0 Å². The van der Waals surface area contributed by atoms with Crippen molar-refractivity contribution in [1.82, 2.24) is 14.7 Å². The van der Waals surface area contributed by atoms with E-state index in [-0.39, 0.29) is 0 Å². The molecule has 1 spiro atoms. The minimum Gasteiger partial charge on any atom is -0.302 e. The lowest BCUT2D eigenvalue weighted by Gasteiger charge is -2.56. The minimum absolute atomic E-state index is 0.718. The fourth-order valence-electron chi connectivity index (χ4n) is 6.30. The molecule has 2 aliphatic heterocycles.